The van der Waals surface area contributed by atoms with Crippen LogP contribution in [0.5, 0.6) is 0 Å². The van der Waals surface area contributed by atoms with E-state index in [0.29, 0.717) is 12.2 Å². The molecule has 16 heavy (non-hydrogen) atoms. The van der Waals surface area contributed by atoms with Gasteiger partial charge in [0, 0.05) is 22.8 Å². The SMILES string of the molecule is C=CCN(C(=O)c1cc(Br)c[nH]1)C(C)(C)C. The van der Waals surface area contributed by atoms with Crippen LogP contribution in [0.25, 0.3) is 0 Å². The fourth-order valence-electron chi connectivity index (χ4n) is 1.43. The third kappa shape index (κ3) is 2.98. The molecule has 0 aliphatic heterocycles. The standard InChI is InChI=1S/C12H17BrN2O/c1-5-6-15(12(2,3)4)11(16)10-7-9(13)8-14-10/h5,7-8,14H,1,6H2,2-4H3. The molecule has 0 aromatic carbocycles. The van der Waals surface area contributed by atoms with E-state index in [1.54, 1.807) is 23.2 Å². The second-order valence-electron chi connectivity index (χ2n) is 4.61. The summed E-state index contributed by atoms with van der Waals surface area (Å²) in [5, 5.41) is 0. The molecule has 0 saturated heterocycles. The van der Waals surface area contributed by atoms with Crippen LogP contribution < -0.4 is 0 Å². The Morgan fingerprint density at radius 1 is 1.62 bits per heavy atom. The van der Waals surface area contributed by atoms with Gasteiger partial charge in [-0.1, -0.05) is 6.08 Å². The van der Waals surface area contributed by atoms with Gasteiger partial charge in [0.1, 0.15) is 5.69 Å². The summed E-state index contributed by atoms with van der Waals surface area (Å²) >= 11 is 3.32. The highest BCUT2D eigenvalue weighted by molar-refractivity contribution is 9.10. The van der Waals surface area contributed by atoms with Crippen LogP contribution in [0.15, 0.2) is 29.4 Å². The van der Waals surface area contributed by atoms with Gasteiger partial charge in [-0.3, -0.25) is 4.79 Å². The number of amides is 1. The van der Waals surface area contributed by atoms with Gasteiger partial charge in [-0.15, -0.1) is 6.58 Å². The number of carbonyl (C=O) groups is 1. The summed E-state index contributed by atoms with van der Waals surface area (Å²) in [5.41, 5.74) is 0.367. The van der Waals surface area contributed by atoms with Crippen molar-refractivity contribution in [2.75, 3.05) is 6.54 Å². The summed E-state index contributed by atoms with van der Waals surface area (Å²) < 4.78 is 0.878. The van der Waals surface area contributed by atoms with E-state index in [1.165, 1.54) is 0 Å². The molecular weight excluding hydrogens is 268 g/mol. The van der Waals surface area contributed by atoms with Crippen molar-refractivity contribution >= 4 is 21.8 Å². The molecule has 4 heteroatoms. The number of aromatic nitrogens is 1. The predicted molar refractivity (Wildman–Crippen MR) is 69.5 cm³/mol. The van der Waals surface area contributed by atoms with Gasteiger partial charge in [-0.2, -0.15) is 0 Å². The number of rotatable bonds is 3. The Labute approximate surface area is 105 Å². The van der Waals surface area contributed by atoms with E-state index in [1.807, 2.05) is 20.8 Å². The van der Waals surface area contributed by atoms with Crippen LogP contribution in [0.2, 0.25) is 0 Å². The number of nitrogens with one attached hydrogen (secondary N) is 1. The molecule has 0 fully saturated rings. The summed E-state index contributed by atoms with van der Waals surface area (Å²) in [5.74, 6) is -0.0156. The largest absolute Gasteiger partial charge is 0.356 e. The lowest BCUT2D eigenvalue weighted by Crippen LogP contribution is -2.45. The molecule has 0 saturated carbocycles. The minimum absolute atomic E-state index is 0.0156. The third-order valence-corrected chi connectivity index (χ3v) is 2.70. The number of hydrogen-bond acceptors (Lipinski definition) is 1. The monoisotopic (exact) mass is 284 g/mol. The Bertz CT molecular complexity index is 390. The summed E-state index contributed by atoms with van der Waals surface area (Å²) in [7, 11) is 0. The number of halogens is 1. The Morgan fingerprint density at radius 2 is 2.25 bits per heavy atom. The minimum Gasteiger partial charge on any atom is -0.356 e. The molecule has 0 aliphatic carbocycles. The van der Waals surface area contributed by atoms with Gasteiger partial charge in [0.15, 0.2) is 0 Å². The molecule has 1 rings (SSSR count). The average molecular weight is 285 g/mol. The molecule has 1 N–H and O–H groups in total. The van der Waals surface area contributed by atoms with Gasteiger partial charge in [0.25, 0.3) is 5.91 Å². The first kappa shape index (κ1) is 13.0. The van der Waals surface area contributed by atoms with E-state index in [-0.39, 0.29) is 11.4 Å². The lowest BCUT2D eigenvalue weighted by Gasteiger charge is -2.34. The number of hydrogen-bond donors (Lipinski definition) is 1. The summed E-state index contributed by atoms with van der Waals surface area (Å²) in [6.07, 6.45) is 3.49. The molecule has 1 aromatic heterocycles. The first-order valence-corrected chi connectivity index (χ1v) is 5.92. The van der Waals surface area contributed by atoms with Crippen LogP contribution in [0.3, 0.4) is 0 Å². The zero-order valence-corrected chi connectivity index (χ0v) is 11.5. The van der Waals surface area contributed by atoms with Crippen molar-refractivity contribution in [3.63, 3.8) is 0 Å². The van der Waals surface area contributed by atoms with Crippen molar-refractivity contribution in [2.24, 2.45) is 0 Å². The van der Waals surface area contributed by atoms with E-state index in [0.717, 1.165) is 4.47 Å². The molecule has 1 aromatic rings. The maximum atomic E-state index is 12.2. The van der Waals surface area contributed by atoms with Crippen LogP contribution in [0, 0.1) is 0 Å². The van der Waals surface area contributed by atoms with E-state index in [2.05, 4.69) is 27.5 Å². The Hall–Kier alpha value is -1.03. The van der Waals surface area contributed by atoms with Crippen LogP contribution in [0.4, 0.5) is 0 Å². The van der Waals surface area contributed by atoms with Crippen LogP contribution >= 0.6 is 15.9 Å². The van der Waals surface area contributed by atoms with Crippen molar-refractivity contribution in [3.8, 4) is 0 Å². The molecule has 0 aliphatic rings. The molecule has 1 heterocycles. The molecule has 0 bridgehead atoms. The van der Waals surface area contributed by atoms with Gasteiger partial charge >= 0.3 is 0 Å². The molecule has 0 spiro atoms. The number of aromatic amines is 1. The highest BCUT2D eigenvalue weighted by Crippen LogP contribution is 2.18. The molecule has 3 nitrogen and oxygen atoms in total. The smallest absolute Gasteiger partial charge is 0.271 e. The maximum Gasteiger partial charge on any atom is 0.271 e. The third-order valence-electron chi connectivity index (χ3n) is 2.24. The van der Waals surface area contributed by atoms with Crippen molar-refractivity contribution < 1.29 is 4.79 Å². The fraction of sp³-hybridized carbons (Fsp3) is 0.417. The van der Waals surface area contributed by atoms with Crippen molar-refractivity contribution in [2.45, 2.75) is 26.3 Å². The highest BCUT2D eigenvalue weighted by Gasteiger charge is 2.26. The molecular formula is C12H17BrN2O. The molecule has 0 radical (unpaired) electrons. The lowest BCUT2D eigenvalue weighted by molar-refractivity contribution is 0.0611. The van der Waals surface area contributed by atoms with Gasteiger partial charge in [-0.25, -0.2) is 0 Å². The highest BCUT2D eigenvalue weighted by atomic mass is 79.9. The van der Waals surface area contributed by atoms with E-state index in [9.17, 15) is 4.79 Å². The quantitative estimate of drug-likeness (QED) is 0.851. The zero-order chi connectivity index (χ0) is 12.3. The van der Waals surface area contributed by atoms with Gasteiger partial charge in [0.2, 0.25) is 0 Å². The minimum atomic E-state index is -0.219. The summed E-state index contributed by atoms with van der Waals surface area (Å²) in [4.78, 5) is 16.9. The van der Waals surface area contributed by atoms with Crippen LogP contribution in [-0.2, 0) is 0 Å². The van der Waals surface area contributed by atoms with E-state index >= 15 is 0 Å². The number of H-pyrrole nitrogens is 1. The van der Waals surface area contributed by atoms with Gasteiger partial charge in [0.05, 0.1) is 0 Å². The van der Waals surface area contributed by atoms with Crippen molar-refractivity contribution in [3.05, 3.63) is 35.1 Å². The Kier molecular flexibility index (Phi) is 3.97. The molecule has 1 amide bonds. The predicted octanol–water partition coefficient (Wildman–Crippen LogP) is 3.20. The summed E-state index contributed by atoms with van der Waals surface area (Å²) in [6.45, 7) is 10.2. The topological polar surface area (TPSA) is 36.1 Å². The van der Waals surface area contributed by atoms with Crippen LogP contribution in [-0.4, -0.2) is 27.9 Å². The Balaban J connectivity index is 2.96. The lowest BCUT2D eigenvalue weighted by atomic mass is 10.1. The van der Waals surface area contributed by atoms with Crippen molar-refractivity contribution in [1.29, 1.82) is 0 Å². The average Bonchev–Trinajstić information content (AvgIpc) is 2.58. The first-order valence-electron chi connectivity index (χ1n) is 5.13. The van der Waals surface area contributed by atoms with Gasteiger partial charge in [-0.05, 0) is 42.8 Å². The first-order chi connectivity index (χ1) is 7.36. The van der Waals surface area contributed by atoms with Crippen LogP contribution in [0.1, 0.15) is 31.3 Å². The molecule has 0 atom stereocenters. The normalized spacial score (nSPS) is 11.2. The fourth-order valence-corrected chi connectivity index (χ4v) is 1.77. The number of carbonyl (C=O) groups excluding carboxylic acids is 1. The molecule has 88 valence electrons. The second kappa shape index (κ2) is 4.87. The van der Waals surface area contributed by atoms with Crippen molar-refractivity contribution in [1.82, 2.24) is 9.88 Å². The zero-order valence-electron chi connectivity index (χ0n) is 9.88. The second-order valence-corrected chi connectivity index (χ2v) is 5.52. The molecule has 0 unspecified atom stereocenters. The van der Waals surface area contributed by atoms with Gasteiger partial charge < -0.3 is 9.88 Å². The van der Waals surface area contributed by atoms with E-state index in [4.69, 9.17) is 0 Å². The number of nitrogens with zero attached hydrogens (tertiary/aromatic N) is 1. The maximum absolute atomic E-state index is 12.2. The summed E-state index contributed by atoms with van der Waals surface area (Å²) in [6, 6.07) is 1.78. The van der Waals surface area contributed by atoms with E-state index < -0.39 is 0 Å². The Morgan fingerprint density at radius 3 is 2.62 bits per heavy atom.